The molecule has 1 aliphatic heterocycles. The largest absolute Gasteiger partial charge is 0.372 e. The maximum atomic E-state index is 12.9. The number of hydrogen-bond acceptors (Lipinski definition) is 5. The van der Waals surface area contributed by atoms with E-state index in [-0.39, 0.29) is 12.0 Å². The van der Waals surface area contributed by atoms with E-state index in [2.05, 4.69) is 16.2 Å². The average Bonchev–Trinajstić information content (AvgIpc) is 3.49. The summed E-state index contributed by atoms with van der Waals surface area (Å²) < 4.78 is 8.00. The van der Waals surface area contributed by atoms with E-state index >= 15 is 0 Å². The number of carbonyl (C=O) groups excluding carboxylic acids is 1. The molecule has 0 aliphatic carbocycles. The second-order valence-electron chi connectivity index (χ2n) is 7.85. The first-order valence-electron chi connectivity index (χ1n) is 10.7. The number of aromatic nitrogens is 3. The lowest BCUT2D eigenvalue weighted by Crippen LogP contribution is -2.30. The van der Waals surface area contributed by atoms with Crippen LogP contribution >= 0.6 is 11.8 Å². The number of likely N-dealkylation sites (tertiary alicyclic amines) is 1. The van der Waals surface area contributed by atoms with E-state index < -0.39 is 0 Å². The van der Waals surface area contributed by atoms with Gasteiger partial charge in [-0.2, -0.15) is 0 Å². The minimum atomic E-state index is 0.0642. The molecule has 6 nitrogen and oxygen atoms in total. The van der Waals surface area contributed by atoms with Gasteiger partial charge in [0.15, 0.2) is 0 Å². The van der Waals surface area contributed by atoms with Crippen molar-refractivity contribution in [2.45, 2.75) is 29.8 Å². The van der Waals surface area contributed by atoms with Gasteiger partial charge in [-0.05, 0) is 54.4 Å². The first-order valence-corrected chi connectivity index (χ1v) is 11.7. The zero-order valence-electron chi connectivity index (χ0n) is 17.6. The van der Waals surface area contributed by atoms with Crippen LogP contribution in [0.5, 0.6) is 0 Å². The summed E-state index contributed by atoms with van der Waals surface area (Å²) in [4.78, 5) is 24.6. The van der Waals surface area contributed by atoms with Crippen molar-refractivity contribution in [2.24, 2.45) is 0 Å². The summed E-state index contributed by atoms with van der Waals surface area (Å²) in [6, 6.07) is 17.8. The van der Waals surface area contributed by atoms with Crippen molar-refractivity contribution in [3.8, 4) is 0 Å². The molecule has 3 aromatic heterocycles. The lowest BCUT2D eigenvalue weighted by molar-refractivity contribution is 0.0436. The van der Waals surface area contributed by atoms with Crippen LogP contribution in [0.15, 0.2) is 84.3 Å². The Bertz CT molecular complexity index is 1160. The highest BCUT2D eigenvalue weighted by Gasteiger charge is 2.27. The minimum Gasteiger partial charge on any atom is -0.372 e. The highest BCUT2D eigenvalue weighted by atomic mass is 32.2. The van der Waals surface area contributed by atoms with Gasteiger partial charge in [-0.25, -0.2) is 4.98 Å². The summed E-state index contributed by atoms with van der Waals surface area (Å²) in [5.74, 6) is 0.853. The molecule has 162 valence electrons. The van der Waals surface area contributed by atoms with Gasteiger partial charge in [-0.15, -0.1) is 11.8 Å². The Morgan fingerprint density at radius 3 is 2.84 bits per heavy atom. The number of carbonyl (C=O) groups is 1. The SMILES string of the molecule is O=C(c1ccc(SCc2cn3ccccc3n2)cc1)N1CCC(OCc2cccnc2)C1. The monoisotopic (exact) mass is 444 g/mol. The van der Waals surface area contributed by atoms with Gasteiger partial charge >= 0.3 is 0 Å². The van der Waals surface area contributed by atoms with Crippen LogP contribution in [0.4, 0.5) is 0 Å². The average molecular weight is 445 g/mol. The molecular formula is C25H24N4O2S. The summed E-state index contributed by atoms with van der Waals surface area (Å²) in [5.41, 5.74) is 3.76. The number of pyridine rings is 2. The van der Waals surface area contributed by atoms with Gasteiger partial charge < -0.3 is 14.0 Å². The van der Waals surface area contributed by atoms with E-state index in [1.54, 1.807) is 18.0 Å². The molecule has 1 unspecified atom stereocenters. The predicted octanol–water partition coefficient (Wildman–Crippen LogP) is 4.45. The number of fused-ring (bicyclic) bond motifs is 1. The van der Waals surface area contributed by atoms with Crippen molar-refractivity contribution in [3.63, 3.8) is 0 Å². The lowest BCUT2D eigenvalue weighted by atomic mass is 10.2. The van der Waals surface area contributed by atoms with E-state index in [0.717, 1.165) is 46.1 Å². The van der Waals surface area contributed by atoms with E-state index in [1.807, 2.05) is 76.3 Å². The molecule has 1 amide bonds. The molecule has 1 atom stereocenters. The zero-order valence-corrected chi connectivity index (χ0v) is 18.4. The quantitative estimate of drug-likeness (QED) is 0.394. The Morgan fingerprint density at radius 2 is 2.03 bits per heavy atom. The van der Waals surface area contributed by atoms with E-state index in [1.165, 1.54) is 0 Å². The van der Waals surface area contributed by atoms with Crippen molar-refractivity contribution in [1.82, 2.24) is 19.3 Å². The maximum Gasteiger partial charge on any atom is 0.253 e. The van der Waals surface area contributed by atoms with E-state index in [9.17, 15) is 4.79 Å². The first kappa shape index (κ1) is 20.7. The maximum absolute atomic E-state index is 12.9. The number of hydrogen-bond donors (Lipinski definition) is 0. The Kier molecular flexibility index (Phi) is 6.18. The molecule has 4 heterocycles. The van der Waals surface area contributed by atoms with Crippen molar-refractivity contribution >= 4 is 23.3 Å². The molecule has 0 spiro atoms. The van der Waals surface area contributed by atoms with Crippen LogP contribution in [-0.4, -0.2) is 44.4 Å². The number of benzene rings is 1. The fourth-order valence-electron chi connectivity index (χ4n) is 3.84. The second kappa shape index (κ2) is 9.54. The van der Waals surface area contributed by atoms with Crippen molar-refractivity contribution in [3.05, 3.63) is 96.2 Å². The number of rotatable bonds is 7. The summed E-state index contributed by atoms with van der Waals surface area (Å²) in [6.07, 6.45) is 8.55. The predicted molar refractivity (Wildman–Crippen MR) is 125 cm³/mol. The fraction of sp³-hybridized carbons (Fsp3) is 0.240. The molecule has 7 heteroatoms. The van der Waals surface area contributed by atoms with Crippen LogP contribution in [0.1, 0.15) is 28.0 Å². The van der Waals surface area contributed by atoms with Crippen LogP contribution in [0, 0.1) is 0 Å². The number of nitrogens with zero attached hydrogens (tertiary/aromatic N) is 4. The van der Waals surface area contributed by atoms with Crippen molar-refractivity contribution in [2.75, 3.05) is 13.1 Å². The summed E-state index contributed by atoms with van der Waals surface area (Å²) in [7, 11) is 0. The topological polar surface area (TPSA) is 59.7 Å². The number of ether oxygens (including phenoxy) is 1. The smallest absolute Gasteiger partial charge is 0.253 e. The molecule has 1 aromatic carbocycles. The molecule has 4 aromatic rings. The zero-order chi connectivity index (χ0) is 21.8. The molecule has 0 bridgehead atoms. The first-order chi connectivity index (χ1) is 15.7. The van der Waals surface area contributed by atoms with Crippen LogP contribution in [-0.2, 0) is 17.1 Å². The van der Waals surface area contributed by atoms with Crippen molar-refractivity contribution < 1.29 is 9.53 Å². The Balaban J connectivity index is 1.13. The minimum absolute atomic E-state index is 0.0642. The van der Waals surface area contributed by atoms with Crippen LogP contribution < -0.4 is 0 Å². The summed E-state index contributed by atoms with van der Waals surface area (Å²) in [6.45, 7) is 1.88. The van der Waals surface area contributed by atoms with E-state index in [0.29, 0.717) is 13.2 Å². The highest BCUT2D eigenvalue weighted by Crippen LogP contribution is 2.24. The lowest BCUT2D eigenvalue weighted by Gasteiger charge is -2.17. The van der Waals surface area contributed by atoms with Crippen LogP contribution in [0.25, 0.3) is 5.65 Å². The van der Waals surface area contributed by atoms with Crippen LogP contribution in [0.3, 0.4) is 0 Å². The normalized spacial score (nSPS) is 16.0. The number of imidazole rings is 1. The molecule has 0 N–H and O–H groups in total. The van der Waals surface area contributed by atoms with Gasteiger partial charge in [0.2, 0.25) is 0 Å². The number of thioether (sulfide) groups is 1. The number of amides is 1. The standard InChI is InChI=1S/C25H24N4O2S/c30-25(29-13-10-22(16-29)31-17-19-4-3-11-26-14-19)20-6-8-23(9-7-20)32-18-21-15-28-12-2-1-5-24(28)27-21/h1-9,11-12,14-15,22H,10,13,16-18H2. The van der Waals surface area contributed by atoms with Gasteiger partial charge in [0.25, 0.3) is 5.91 Å². The molecule has 1 fully saturated rings. The Labute approximate surface area is 191 Å². The Hall–Kier alpha value is -3.16. The molecule has 1 saturated heterocycles. The fourth-order valence-corrected chi connectivity index (χ4v) is 4.62. The molecule has 5 rings (SSSR count). The van der Waals surface area contributed by atoms with Gasteiger partial charge in [0.05, 0.1) is 18.4 Å². The Morgan fingerprint density at radius 1 is 1.12 bits per heavy atom. The highest BCUT2D eigenvalue weighted by molar-refractivity contribution is 7.98. The molecule has 32 heavy (non-hydrogen) atoms. The molecular weight excluding hydrogens is 420 g/mol. The second-order valence-corrected chi connectivity index (χ2v) is 8.89. The summed E-state index contributed by atoms with van der Waals surface area (Å²) >= 11 is 1.72. The van der Waals surface area contributed by atoms with Crippen molar-refractivity contribution in [1.29, 1.82) is 0 Å². The van der Waals surface area contributed by atoms with Gasteiger partial charge in [0, 0.05) is 54.1 Å². The third-order valence-corrected chi connectivity index (χ3v) is 6.59. The van der Waals surface area contributed by atoms with Gasteiger partial charge in [-0.1, -0.05) is 12.1 Å². The van der Waals surface area contributed by atoms with E-state index in [4.69, 9.17) is 4.74 Å². The third kappa shape index (κ3) is 4.84. The van der Waals surface area contributed by atoms with Gasteiger partial charge in [0.1, 0.15) is 5.65 Å². The molecule has 0 saturated carbocycles. The van der Waals surface area contributed by atoms with Gasteiger partial charge in [-0.3, -0.25) is 9.78 Å². The summed E-state index contributed by atoms with van der Waals surface area (Å²) in [5, 5.41) is 0. The third-order valence-electron chi connectivity index (χ3n) is 5.54. The molecule has 0 radical (unpaired) electrons. The molecule has 1 aliphatic rings. The van der Waals surface area contributed by atoms with Crippen LogP contribution in [0.2, 0.25) is 0 Å².